The largest absolute Gasteiger partial charge is 0.444 e. The van der Waals surface area contributed by atoms with Gasteiger partial charge in [0.25, 0.3) is 0 Å². The molecule has 0 heterocycles. The van der Waals surface area contributed by atoms with E-state index in [1.54, 1.807) is 4.90 Å². The van der Waals surface area contributed by atoms with E-state index in [2.05, 4.69) is 0 Å². The van der Waals surface area contributed by atoms with E-state index < -0.39 is 11.1 Å². The molecule has 0 radical (unpaired) electrons. The summed E-state index contributed by atoms with van der Waals surface area (Å²) in [6.45, 7) is 13.8. The summed E-state index contributed by atoms with van der Waals surface area (Å²) in [5.41, 5.74) is 5.04. The van der Waals surface area contributed by atoms with E-state index in [9.17, 15) is 4.79 Å². The maximum atomic E-state index is 11.9. The highest BCUT2D eigenvalue weighted by Gasteiger charge is 2.27. The van der Waals surface area contributed by atoms with Gasteiger partial charge in [-0.05, 0) is 48.5 Å². The van der Waals surface area contributed by atoms with Gasteiger partial charge in [0.2, 0.25) is 0 Å². The minimum atomic E-state index is -0.469. The number of carbonyl (C=O) groups excluding carboxylic acids is 1. The first kappa shape index (κ1) is 15.2. The van der Waals surface area contributed by atoms with Crippen molar-refractivity contribution >= 4 is 6.09 Å². The number of nitrogens with zero attached hydrogens (tertiary/aromatic N) is 1. The van der Waals surface area contributed by atoms with E-state index in [1.807, 2.05) is 48.5 Å². The lowest BCUT2D eigenvalue weighted by Gasteiger charge is -2.34. The van der Waals surface area contributed by atoms with Crippen LogP contribution in [0.3, 0.4) is 0 Å². The monoisotopic (exact) mass is 230 g/mol. The van der Waals surface area contributed by atoms with Crippen LogP contribution in [-0.4, -0.2) is 34.7 Å². The average molecular weight is 230 g/mol. The molecule has 4 nitrogen and oxygen atoms in total. The molecule has 2 N–H and O–H groups in total. The van der Waals surface area contributed by atoms with Crippen molar-refractivity contribution in [3.63, 3.8) is 0 Å². The first-order valence-corrected chi connectivity index (χ1v) is 5.71. The van der Waals surface area contributed by atoms with Crippen LogP contribution in [0.15, 0.2) is 0 Å². The first-order valence-electron chi connectivity index (χ1n) is 5.71. The molecular formula is C12H26N2O2. The molecule has 0 aliphatic heterocycles. The van der Waals surface area contributed by atoms with Gasteiger partial charge in [-0.2, -0.15) is 0 Å². The smallest absolute Gasteiger partial charge is 0.410 e. The van der Waals surface area contributed by atoms with Crippen LogP contribution in [0.1, 0.15) is 48.5 Å². The molecule has 0 unspecified atom stereocenters. The molecule has 0 aromatic rings. The maximum Gasteiger partial charge on any atom is 0.410 e. The fourth-order valence-corrected chi connectivity index (χ4v) is 1.22. The fraction of sp³-hybridized carbons (Fsp3) is 0.917. The van der Waals surface area contributed by atoms with Crippen molar-refractivity contribution in [3.05, 3.63) is 0 Å². The van der Waals surface area contributed by atoms with Gasteiger partial charge in [0.05, 0.1) is 0 Å². The fourth-order valence-electron chi connectivity index (χ4n) is 1.22. The normalized spacial score (nSPS) is 12.8. The molecule has 96 valence electrons. The molecule has 0 atom stereocenters. The number of nitrogens with two attached hydrogens (primary N) is 1. The molecule has 0 aromatic heterocycles. The second kappa shape index (κ2) is 5.04. The van der Waals surface area contributed by atoms with E-state index in [1.165, 1.54) is 0 Å². The number of carbonyl (C=O) groups is 1. The van der Waals surface area contributed by atoms with Crippen molar-refractivity contribution in [2.45, 2.75) is 65.6 Å². The van der Waals surface area contributed by atoms with Gasteiger partial charge < -0.3 is 15.4 Å². The Balaban J connectivity index is 4.62. The van der Waals surface area contributed by atoms with E-state index in [0.717, 1.165) is 0 Å². The van der Waals surface area contributed by atoms with Gasteiger partial charge in [0.1, 0.15) is 5.60 Å². The standard InChI is InChI=1S/C12H26N2O2/c1-9(2)14(8-12(6,7)13)10(15)16-11(3,4)5/h9H,8,13H2,1-7H3. The predicted molar refractivity (Wildman–Crippen MR) is 66.3 cm³/mol. The van der Waals surface area contributed by atoms with Crippen LogP contribution in [-0.2, 0) is 4.74 Å². The van der Waals surface area contributed by atoms with Crippen molar-refractivity contribution in [2.75, 3.05) is 6.54 Å². The summed E-state index contributed by atoms with van der Waals surface area (Å²) < 4.78 is 5.34. The van der Waals surface area contributed by atoms with E-state index in [0.29, 0.717) is 6.54 Å². The molecule has 0 saturated carbocycles. The Morgan fingerprint density at radius 1 is 1.25 bits per heavy atom. The molecule has 0 rings (SSSR count). The lowest BCUT2D eigenvalue weighted by Crippen LogP contribution is -2.51. The molecule has 0 saturated heterocycles. The minimum absolute atomic E-state index is 0.0812. The molecule has 0 spiro atoms. The zero-order valence-electron chi connectivity index (χ0n) is 11.6. The third-order valence-corrected chi connectivity index (χ3v) is 1.83. The molecule has 0 bridgehead atoms. The van der Waals surface area contributed by atoms with Gasteiger partial charge in [0, 0.05) is 18.1 Å². The Morgan fingerprint density at radius 3 is 1.94 bits per heavy atom. The van der Waals surface area contributed by atoms with Crippen molar-refractivity contribution in [3.8, 4) is 0 Å². The van der Waals surface area contributed by atoms with Crippen molar-refractivity contribution in [1.82, 2.24) is 4.90 Å². The van der Waals surface area contributed by atoms with Gasteiger partial charge in [0.15, 0.2) is 0 Å². The number of rotatable bonds is 3. The van der Waals surface area contributed by atoms with Crippen LogP contribution in [0.2, 0.25) is 0 Å². The Hall–Kier alpha value is -0.770. The topological polar surface area (TPSA) is 55.6 Å². The Morgan fingerprint density at radius 2 is 1.69 bits per heavy atom. The Labute approximate surface area is 99.1 Å². The Kier molecular flexibility index (Phi) is 4.80. The second-order valence-corrected chi connectivity index (χ2v) is 6.19. The summed E-state index contributed by atoms with van der Waals surface area (Å²) in [5.74, 6) is 0. The van der Waals surface area contributed by atoms with Crippen molar-refractivity contribution in [2.24, 2.45) is 5.73 Å². The predicted octanol–water partition coefficient (Wildman–Crippen LogP) is 2.37. The summed E-state index contributed by atoms with van der Waals surface area (Å²) in [6, 6.07) is 0.0812. The van der Waals surface area contributed by atoms with E-state index >= 15 is 0 Å². The van der Waals surface area contributed by atoms with Gasteiger partial charge in [-0.15, -0.1) is 0 Å². The van der Waals surface area contributed by atoms with Crippen LogP contribution < -0.4 is 5.73 Å². The van der Waals surface area contributed by atoms with Gasteiger partial charge in [-0.3, -0.25) is 0 Å². The third kappa shape index (κ3) is 6.67. The van der Waals surface area contributed by atoms with Crippen LogP contribution in [0.4, 0.5) is 4.79 Å². The second-order valence-electron chi connectivity index (χ2n) is 6.19. The highest BCUT2D eigenvalue weighted by Crippen LogP contribution is 2.14. The SMILES string of the molecule is CC(C)N(CC(C)(C)N)C(=O)OC(C)(C)C. The summed E-state index contributed by atoms with van der Waals surface area (Å²) >= 11 is 0. The minimum Gasteiger partial charge on any atom is -0.444 e. The summed E-state index contributed by atoms with van der Waals surface area (Å²) in [4.78, 5) is 13.6. The molecule has 4 heteroatoms. The molecule has 0 aliphatic carbocycles. The molecule has 1 amide bonds. The number of hydrogen-bond acceptors (Lipinski definition) is 3. The zero-order valence-corrected chi connectivity index (χ0v) is 11.6. The van der Waals surface area contributed by atoms with Crippen LogP contribution in [0, 0.1) is 0 Å². The molecule has 0 fully saturated rings. The van der Waals surface area contributed by atoms with Crippen molar-refractivity contribution in [1.29, 1.82) is 0 Å². The van der Waals surface area contributed by atoms with Gasteiger partial charge in [-0.25, -0.2) is 4.79 Å². The molecular weight excluding hydrogens is 204 g/mol. The van der Waals surface area contributed by atoms with E-state index in [4.69, 9.17) is 10.5 Å². The Bertz CT molecular complexity index is 236. The quantitative estimate of drug-likeness (QED) is 0.809. The van der Waals surface area contributed by atoms with Gasteiger partial charge >= 0.3 is 6.09 Å². The lowest BCUT2D eigenvalue weighted by molar-refractivity contribution is 0.0153. The van der Waals surface area contributed by atoms with Crippen LogP contribution in [0.25, 0.3) is 0 Å². The maximum absolute atomic E-state index is 11.9. The summed E-state index contributed by atoms with van der Waals surface area (Å²) in [6.07, 6.45) is -0.305. The highest BCUT2D eigenvalue weighted by atomic mass is 16.6. The third-order valence-electron chi connectivity index (χ3n) is 1.83. The first-order chi connectivity index (χ1) is 6.92. The molecule has 16 heavy (non-hydrogen) atoms. The van der Waals surface area contributed by atoms with Crippen molar-refractivity contribution < 1.29 is 9.53 Å². The average Bonchev–Trinajstić information content (AvgIpc) is 1.94. The number of ether oxygens (including phenoxy) is 1. The number of hydrogen-bond donors (Lipinski definition) is 1. The van der Waals surface area contributed by atoms with Crippen LogP contribution in [0.5, 0.6) is 0 Å². The number of amides is 1. The summed E-state index contributed by atoms with van der Waals surface area (Å²) in [5, 5.41) is 0. The highest BCUT2D eigenvalue weighted by molar-refractivity contribution is 5.68. The lowest BCUT2D eigenvalue weighted by atomic mass is 10.1. The zero-order chi connectivity index (χ0) is 13.1. The molecule has 0 aromatic carbocycles. The van der Waals surface area contributed by atoms with E-state index in [-0.39, 0.29) is 12.1 Å². The van der Waals surface area contributed by atoms with Crippen LogP contribution >= 0.6 is 0 Å². The van der Waals surface area contributed by atoms with Gasteiger partial charge in [-0.1, -0.05) is 0 Å². The molecule has 0 aliphatic rings. The summed E-state index contributed by atoms with van der Waals surface area (Å²) in [7, 11) is 0.